The highest BCUT2D eigenvalue weighted by Crippen LogP contribution is 2.32. The molecule has 6 atom stereocenters. The Hall–Kier alpha value is -1.25. The summed E-state index contributed by atoms with van der Waals surface area (Å²) in [6, 6.07) is -0.392. The zero-order chi connectivity index (χ0) is 25.2. The lowest BCUT2D eigenvalue weighted by atomic mass is 9.87. The Morgan fingerprint density at radius 2 is 1.94 bits per heavy atom. The van der Waals surface area contributed by atoms with Crippen molar-refractivity contribution in [1.29, 1.82) is 0 Å². The zero-order valence-corrected chi connectivity index (χ0v) is 21.6. The zero-order valence-electron chi connectivity index (χ0n) is 19.2. The van der Waals surface area contributed by atoms with Gasteiger partial charge in [-0.2, -0.15) is 5.43 Å². The van der Waals surface area contributed by atoms with Gasteiger partial charge in [0.05, 0.1) is 5.25 Å². The summed E-state index contributed by atoms with van der Waals surface area (Å²) in [5.41, 5.74) is 2.34. The van der Waals surface area contributed by atoms with Crippen LogP contribution in [-0.4, -0.2) is 107 Å². The average Bonchev–Trinajstić information content (AvgIpc) is 3.00. The summed E-state index contributed by atoms with van der Waals surface area (Å²) < 4.78 is 28.4. The van der Waals surface area contributed by atoms with E-state index in [0.717, 1.165) is 18.0 Å². The van der Waals surface area contributed by atoms with Crippen molar-refractivity contribution in [3.05, 3.63) is 10.1 Å². The maximum Gasteiger partial charge on any atom is 0.300 e. The molecule has 0 bridgehead atoms. The van der Waals surface area contributed by atoms with E-state index < -0.39 is 61.5 Å². The summed E-state index contributed by atoms with van der Waals surface area (Å²) in [7, 11) is -1.57. The molecule has 2 amide bonds. The first kappa shape index (κ1) is 27.3. The molecule has 2 aliphatic heterocycles. The van der Waals surface area contributed by atoms with Crippen molar-refractivity contribution in [2.45, 2.75) is 60.8 Å². The van der Waals surface area contributed by atoms with Crippen LogP contribution in [0.15, 0.2) is 0 Å². The second-order valence-electron chi connectivity index (χ2n) is 9.32. The van der Waals surface area contributed by atoms with Gasteiger partial charge in [-0.15, -0.1) is 23.2 Å². The third-order valence-electron chi connectivity index (χ3n) is 6.81. The lowest BCUT2D eigenvalue weighted by molar-refractivity contribution is -0.535. The quantitative estimate of drug-likeness (QED) is 0.266. The largest absolute Gasteiger partial charge is 0.352 e. The Bertz CT molecular complexity index is 895. The average molecular weight is 543 g/mol. The molecule has 3 fully saturated rings. The second kappa shape index (κ2) is 11.2. The van der Waals surface area contributed by atoms with Gasteiger partial charge in [-0.1, -0.05) is 6.92 Å². The van der Waals surface area contributed by atoms with E-state index in [9.17, 15) is 28.1 Å². The van der Waals surface area contributed by atoms with E-state index in [-0.39, 0.29) is 12.3 Å². The Morgan fingerprint density at radius 3 is 2.62 bits per heavy atom. The molecule has 3 rings (SSSR count). The first-order chi connectivity index (χ1) is 15.9. The van der Waals surface area contributed by atoms with Crippen LogP contribution in [0.4, 0.5) is 0 Å². The lowest BCUT2D eigenvalue weighted by Crippen LogP contribution is -2.66. The molecule has 2 heterocycles. The van der Waals surface area contributed by atoms with Crippen molar-refractivity contribution in [3.8, 4) is 0 Å². The monoisotopic (exact) mass is 542 g/mol. The normalized spacial score (nSPS) is 34.5. The van der Waals surface area contributed by atoms with Crippen LogP contribution in [0.25, 0.3) is 0 Å². The number of likely N-dealkylation sites (N-methyl/N-ethyl adjacent to an activating group) is 1. The van der Waals surface area contributed by atoms with E-state index >= 15 is 0 Å². The van der Waals surface area contributed by atoms with Gasteiger partial charge in [-0.25, -0.2) is 12.7 Å². The van der Waals surface area contributed by atoms with Gasteiger partial charge in [0.25, 0.3) is 12.1 Å². The highest BCUT2D eigenvalue weighted by atomic mass is 35.5. The third-order valence-corrected chi connectivity index (χ3v) is 10.4. The van der Waals surface area contributed by atoms with Crippen LogP contribution < -0.4 is 10.7 Å². The maximum atomic E-state index is 13.4. The number of carbonyl (C=O) groups is 2. The number of hydrogen-bond donors (Lipinski definition) is 2. The lowest BCUT2D eigenvalue weighted by Gasteiger charge is -2.38. The summed E-state index contributed by atoms with van der Waals surface area (Å²) in [6.45, 7) is 3.86. The van der Waals surface area contributed by atoms with Crippen molar-refractivity contribution < 1.29 is 22.9 Å². The van der Waals surface area contributed by atoms with Crippen LogP contribution in [0, 0.1) is 16.0 Å². The molecule has 1 saturated carbocycles. The van der Waals surface area contributed by atoms with E-state index in [0.29, 0.717) is 32.5 Å². The number of nitro groups is 1. The SMILES string of the molecule is CC1CCC(NC(=O)CN2NC([N+](=O)[O-])C(Cl)C(Cl)C2=O)CC1S(=O)(=O)N1CCCN(C)CC1. The van der Waals surface area contributed by atoms with Gasteiger partial charge in [-0.05, 0) is 45.2 Å². The third kappa shape index (κ3) is 6.11. The first-order valence-electron chi connectivity index (χ1n) is 11.4. The van der Waals surface area contributed by atoms with Gasteiger partial charge in [0.15, 0.2) is 0 Å². The van der Waals surface area contributed by atoms with Crippen molar-refractivity contribution in [3.63, 3.8) is 0 Å². The van der Waals surface area contributed by atoms with Gasteiger partial charge < -0.3 is 10.2 Å². The molecule has 15 heteroatoms. The number of halogens is 2. The van der Waals surface area contributed by atoms with Crippen molar-refractivity contribution in [2.75, 3.05) is 39.8 Å². The molecule has 2 N–H and O–H groups in total. The highest BCUT2D eigenvalue weighted by Gasteiger charge is 2.48. The van der Waals surface area contributed by atoms with Gasteiger partial charge >= 0.3 is 0 Å². The first-order valence-corrected chi connectivity index (χ1v) is 13.8. The van der Waals surface area contributed by atoms with Crippen LogP contribution in [0.2, 0.25) is 0 Å². The Morgan fingerprint density at radius 1 is 1.24 bits per heavy atom. The van der Waals surface area contributed by atoms with Gasteiger partial charge in [0.2, 0.25) is 15.9 Å². The molecule has 0 radical (unpaired) electrons. The van der Waals surface area contributed by atoms with Crippen molar-refractivity contribution >= 4 is 45.0 Å². The van der Waals surface area contributed by atoms with E-state index in [2.05, 4.69) is 15.6 Å². The van der Waals surface area contributed by atoms with Crippen LogP contribution in [0.5, 0.6) is 0 Å². The number of nitrogens with zero attached hydrogens (tertiary/aromatic N) is 4. The molecular weight excluding hydrogens is 511 g/mol. The fourth-order valence-electron chi connectivity index (χ4n) is 4.74. The number of sulfonamides is 1. The number of nitrogens with one attached hydrogen (secondary N) is 2. The molecule has 6 unspecified atom stereocenters. The maximum absolute atomic E-state index is 13.4. The number of rotatable bonds is 6. The van der Waals surface area contributed by atoms with Crippen molar-refractivity contribution in [2.24, 2.45) is 5.92 Å². The number of amides is 2. The Kier molecular flexibility index (Phi) is 9.01. The van der Waals surface area contributed by atoms with Crippen LogP contribution >= 0.6 is 23.2 Å². The van der Waals surface area contributed by atoms with Gasteiger partial charge in [0.1, 0.15) is 17.3 Å². The summed E-state index contributed by atoms with van der Waals surface area (Å²) >= 11 is 11.8. The predicted molar refractivity (Wildman–Crippen MR) is 126 cm³/mol. The topological polar surface area (TPSA) is 145 Å². The predicted octanol–water partition coefficient (Wildman–Crippen LogP) is -0.208. The molecule has 0 aromatic heterocycles. The van der Waals surface area contributed by atoms with Gasteiger partial charge in [0, 0.05) is 30.6 Å². The molecule has 194 valence electrons. The number of alkyl halides is 2. The van der Waals surface area contributed by atoms with E-state index in [1.807, 2.05) is 14.0 Å². The molecular formula is C19H32Cl2N6O6S. The fraction of sp³-hybridized carbons (Fsp3) is 0.895. The molecule has 34 heavy (non-hydrogen) atoms. The van der Waals surface area contributed by atoms with Crippen LogP contribution in [-0.2, 0) is 19.6 Å². The summed E-state index contributed by atoms with van der Waals surface area (Å²) in [5, 5.41) is 11.5. The van der Waals surface area contributed by atoms with Crippen LogP contribution in [0.1, 0.15) is 32.6 Å². The highest BCUT2D eigenvalue weighted by molar-refractivity contribution is 7.89. The molecule has 12 nitrogen and oxygen atoms in total. The molecule has 0 aromatic rings. The number of hydrogen-bond acceptors (Lipinski definition) is 8. The molecule has 3 aliphatic rings. The van der Waals surface area contributed by atoms with Crippen LogP contribution in [0.3, 0.4) is 0 Å². The summed E-state index contributed by atoms with van der Waals surface area (Å²) in [4.78, 5) is 37.6. The molecule has 2 saturated heterocycles. The Balaban J connectivity index is 1.62. The number of carbonyl (C=O) groups excluding carboxylic acids is 2. The van der Waals surface area contributed by atoms with Gasteiger partial charge in [-0.3, -0.25) is 24.7 Å². The van der Waals surface area contributed by atoms with E-state index in [1.165, 1.54) is 0 Å². The summed E-state index contributed by atoms with van der Waals surface area (Å²) in [6.07, 6.45) is 0.742. The second-order valence-corrected chi connectivity index (χ2v) is 12.4. The molecule has 0 spiro atoms. The standard InChI is InChI=1S/C19H32Cl2N6O6S/c1-12-4-5-13(10-14(12)34(32,33)25-7-3-6-24(2)8-9-25)22-15(28)11-26-19(29)17(21)16(20)18(23-26)27(30)31/h12-14,16-18,23H,3-11H2,1-2H3,(H,22,28). The Labute approximate surface area is 209 Å². The smallest absolute Gasteiger partial charge is 0.300 e. The number of hydrazine groups is 1. The minimum atomic E-state index is -3.54. The molecule has 1 aliphatic carbocycles. The summed E-state index contributed by atoms with van der Waals surface area (Å²) in [5.74, 6) is -1.35. The minimum Gasteiger partial charge on any atom is -0.352 e. The minimum absolute atomic E-state index is 0.0528. The van der Waals surface area contributed by atoms with E-state index in [4.69, 9.17) is 23.2 Å². The van der Waals surface area contributed by atoms with E-state index in [1.54, 1.807) is 4.31 Å². The fourth-order valence-corrected chi connectivity index (χ4v) is 7.55. The molecule has 0 aromatic carbocycles. The van der Waals surface area contributed by atoms with Crippen molar-refractivity contribution in [1.82, 2.24) is 25.0 Å².